The number of hydrogen-bond acceptors (Lipinski definition) is 4. The number of thioether (sulfide) groups is 1. The third-order valence-corrected chi connectivity index (χ3v) is 4.51. The number of nitrogens with one attached hydrogen (secondary N) is 1. The molecule has 0 aliphatic rings. The Morgan fingerprint density at radius 1 is 1.08 bits per heavy atom. The number of nitrogens with zero attached hydrogens (tertiary/aromatic N) is 3. The van der Waals surface area contributed by atoms with E-state index in [0.29, 0.717) is 5.56 Å². The van der Waals surface area contributed by atoms with Crippen LogP contribution in [0.15, 0.2) is 66.1 Å². The van der Waals surface area contributed by atoms with E-state index in [2.05, 4.69) is 10.3 Å². The van der Waals surface area contributed by atoms with Crippen LogP contribution in [0.3, 0.4) is 0 Å². The first-order valence-electron chi connectivity index (χ1n) is 7.85. The minimum atomic E-state index is -0.125. The van der Waals surface area contributed by atoms with Crippen LogP contribution in [0.1, 0.15) is 10.4 Å². The molecule has 0 atom stereocenters. The Hall–Kier alpha value is -2.73. The SMILES string of the molecule is CSc1nccn1-c1ccc(C(=O)Nc2ccc(N(C)C)cc2)cc1. The lowest BCUT2D eigenvalue weighted by Gasteiger charge is -2.13. The number of hydrogen-bond donors (Lipinski definition) is 1. The Morgan fingerprint density at radius 2 is 1.76 bits per heavy atom. The topological polar surface area (TPSA) is 50.2 Å². The molecule has 2 aromatic carbocycles. The van der Waals surface area contributed by atoms with Crippen molar-refractivity contribution in [3.8, 4) is 5.69 Å². The van der Waals surface area contributed by atoms with Crippen LogP contribution in [0.25, 0.3) is 5.69 Å². The summed E-state index contributed by atoms with van der Waals surface area (Å²) in [6.07, 6.45) is 5.67. The Kier molecular flexibility index (Phi) is 5.09. The van der Waals surface area contributed by atoms with E-state index in [9.17, 15) is 4.79 Å². The number of rotatable bonds is 5. The van der Waals surface area contributed by atoms with Crippen molar-refractivity contribution < 1.29 is 4.79 Å². The molecule has 128 valence electrons. The standard InChI is InChI=1S/C19H20N4OS/c1-22(2)16-10-6-15(7-11-16)21-18(24)14-4-8-17(9-5-14)23-13-12-20-19(23)25-3/h4-13H,1-3H3,(H,21,24). The van der Waals surface area contributed by atoms with Crippen LogP contribution >= 0.6 is 11.8 Å². The number of aromatic nitrogens is 2. The lowest BCUT2D eigenvalue weighted by atomic mass is 10.2. The number of amides is 1. The van der Waals surface area contributed by atoms with Crippen molar-refractivity contribution in [3.05, 3.63) is 66.5 Å². The maximum atomic E-state index is 12.4. The van der Waals surface area contributed by atoms with Crippen LogP contribution in [0.2, 0.25) is 0 Å². The molecule has 1 heterocycles. The molecule has 25 heavy (non-hydrogen) atoms. The fourth-order valence-electron chi connectivity index (χ4n) is 2.46. The largest absolute Gasteiger partial charge is 0.378 e. The number of anilines is 2. The van der Waals surface area contributed by atoms with Crippen LogP contribution in [0, 0.1) is 0 Å². The summed E-state index contributed by atoms with van der Waals surface area (Å²) in [7, 11) is 3.97. The van der Waals surface area contributed by atoms with Crippen molar-refractivity contribution >= 4 is 29.0 Å². The fourth-order valence-corrected chi connectivity index (χ4v) is 2.99. The summed E-state index contributed by atoms with van der Waals surface area (Å²) in [4.78, 5) is 18.7. The van der Waals surface area contributed by atoms with E-state index >= 15 is 0 Å². The Labute approximate surface area is 151 Å². The van der Waals surface area contributed by atoms with Gasteiger partial charge in [0.1, 0.15) is 0 Å². The van der Waals surface area contributed by atoms with Crippen molar-refractivity contribution in [3.63, 3.8) is 0 Å². The van der Waals surface area contributed by atoms with E-state index < -0.39 is 0 Å². The van der Waals surface area contributed by atoms with Crippen molar-refractivity contribution in [1.82, 2.24) is 9.55 Å². The summed E-state index contributed by atoms with van der Waals surface area (Å²) in [6, 6.07) is 15.2. The predicted octanol–water partition coefficient (Wildman–Crippen LogP) is 3.91. The maximum Gasteiger partial charge on any atom is 0.255 e. The second kappa shape index (κ2) is 7.44. The number of carbonyl (C=O) groups is 1. The molecule has 3 aromatic rings. The Morgan fingerprint density at radius 3 is 2.36 bits per heavy atom. The van der Waals surface area contributed by atoms with Gasteiger partial charge in [-0.05, 0) is 54.8 Å². The van der Waals surface area contributed by atoms with Gasteiger partial charge in [-0.1, -0.05) is 11.8 Å². The van der Waals surface area contributed by atoms with E-state index in [4.69, 9.17) is 0 Å². The molecular formula is C19H20N4OS. The van der Waals surface area contributed by atoms with Gasteiger partial charge in [-0.25, -0.2) is 4.98 Å². The van der Waals surface area contributed by atoms with Gasteiger partial charge in [-0.3, -0.25) is 9.36 Å². The molecule has 0 unspecified atom stereocenters. The molecule has 0 saturated heterocycles. The highest BCUT2D eigenvalue weighted by Gasteiger charge is 2.08. The molecule has 0 saturated carbocycles. The average molecular weight is 352 g/mol. The second-order valence-electron chi connectivity index (χ2n) is 5.73. The highest BCUT2D eigenvalue weighted by molar-refractivity contribution is 7.98. The normalized spacial score (nSPS) is 10.5. The van der Waals surface area contributed by atoms with Crippen molar-refractivity contribution in [2.45, 2.75) is 5.16 Å². The minimum absolute atomic E-state index is 0.125. The van der Waals surface area contributed by atoms with Gasteiger partial charge in [0.2, 0.25) is 0 Å². The monoisotopic (exact) mass is 352 g/mol. The van der Waals surface area contributed by atoms with Gasteiger partial charge >= 0.3 is 0 Å². The summed E-state index contributed by atoms with van der Waals surface area (Å²) < 4.78 is 1.99. The third-order valence-electron chi connectivity index (χ3n) is 3.84. The molecule has 5 nitrogen and oxygen atoms in total. The highest BCUT2D eigenvalue weighted by Crippen LogP contribution is 2.20. The van der Waals surface area contributed by atoms with E-state index in [1.165, 1.54) is 0 Å². The number of carbonyl (C=O) groups excluding carboxylic acids is 1. The summed E-state index contributed by atoms with van der Waals surface area (Å²) in [5, 5.41) is 3.84. The van der Waals surface area contributed by atoms with Crippen LogP contribution in [0.5, 0.6) is 0 Å². The fraction of sp³-hybridized carbons (Fsp3) is 0.158. The van der Waals surface area contributed by atoms with Crippen molar-refractivity contribution in [1.29, 1.82) is 0 Å². The molecular weight excluding hydrogens is 332 g/mol. The van der Waals surface area contributed by atoms with E-state index in [1.54, 1.807) is 18.0 Å². The Bertz CT molecular complexity index is 854. The average Bonchev–Trinajstić information content (AvgIpc) is 3.11. The van der Waals surface area contributed by atoms with Crippen LogP contribution in [-0.2, 0) is 0 Å². The molecule has 0 spiro atoms. The van der Waals surface area contributed by atoms with Gasteiger partial charge < -0.3 is 10.2 Å². The lowest BCUT2D eigenvalue weighted by molar-refractivity contribution is 0.102. The van der Waals surface area contributed by atoms with E-state index in [1.807, 2.05) is 84.5 Å². The van der Waals surface area contributed by atoms with Crippen molar-refractivity contribution in [2.24, 2.45) is 0 Å². The summed E-state index contributed by atoms with van der Waals surface area (Å²) in [5.74, 6) is -0.125. The van der Waals surface area contributed by atoms with Crippen LogP contribution < -0.4 is 10.2 Å². The van der Waals surface area contributed by atoms with Gasteiger partial charge in [0.25, 0.3) is 5.91 Å². The molecule has 1 N–H and O–H groups in total. The molecule has 1 amide bonds. The van der Waals surface area contributed by atoms with Gasteiger partial charge in [0.15, 0.2) is 5.16 Å². The number of imidazole rings is 1. The molecule has 3 rings (SSSR count). The summed E-state index contributed by atoms with van der Waals surface area (Å²) >= 11 is 1.58. The van der Waals surface area contributed by atoms with Crippen molar-refractivity contribution in [2.75, 3.05) is 30.6 Å². The van der Waals surface area contributed by atoms with Gasteiger partial charge in [0, 0.05) is 49.1 Å². The van der Waals surface area contributed by atoms with Gasteiger partial charge in [0.05, 0.1) is 0 Å². The highest BCUT2D eigenvalue weighted by atomic mass is 32.2. The second-order valence-corrected chi connectivity index (χ2v) is 6.50. The Balaban J connectivity index is 1.72. The smallest absolute Gasteiger partial charge is 0.255 e. The molecule has 6 heteroatoms. The zero-order valence-electron chi connectivity index (χ0n) is 14.4. The quantitative estimate of drug-likeness (QED) is 0.707. The summed E-state index contributed by atoms with van der Waals surface area (Å²) in [6.45, 7) is 0. The minimum Gasteiger partial charge on any atom is -0.378 e. The number of benzene rings is 2. The molecule has 1 aromatic heterocycles. The maximum absolute atomic E-state index is 12.4. The first-order chi connectivity index (χ1) is 12.1. The van der Waals surface area contributed by atoms with E-state index in [-0.39, 0.29) is 5.91 Å². The molecule has 0 aliphatic heterocycles. The molecule has 0 bridgehead atoms. The summed E-state index contributed by atoms with van der Waals surface area (Å²) in [5.41, 5.74) is 3.46. The zero-order valence-corrected chi connectivity index (χ0v) is 15.2. The van der Waals surface area contributed by atoms with Crippen LogP contribution in [-0.4, -0.2) is 35.8 Å². The van der Waals surface area contributed by atoms with E-state index in [0.717, 1.165) is 22.2 Å². The molecule has 0 fully saturated rings. The molecule has 0 radical (unpaired) electrons. The zero-order chi connectivity index (χ0) is 17.8. The molecule has 0 aliphatic carbocycles. The van der Waals surface area contributed by atoms with Crippen LogP contribution in [0.4, 0.5) is 11.4 Å². The first-order valence-corrected chi connectivity index (χ1v) is 9.07. The lowest BCUT2D eigenvalue weighted by Crippen LogP contribution is -2.12. The predicted molar refractivity (Wildman–Crippen MR) is 104 cm³/mol. The third kappa shape index (κ3) is 3.85. The first kappa shape index (κ1) is 17.1. The van der Waals surface area contributed by atoms with Gasteiger partial charge in [-0.15, -0.1) is 0 Å². The van der Waals surface area contributed by atoms with Gasteiger partial charge in [-0.2, -0.15) is 0 Å².